The van der Waals surface area contributed by atoms with Crippen LogP contribution < -0.4 is 5.32 Å². The molecule has 2 rings (SSSR count). The largest absolute Gasteiger partial charge is 0.310 e. The molecule has 1 aliphatic heterocycles. The molecular formula is C14H20ClNO2S. The van der Waals surface area contributed by atoms with Crippen LogP contribution in [0.3, 0.4) is 0 Å². The van der Waals surface area contributed by atoms with Crippen molar-refractivity contribution in [2.24, 2.45) is 5.92 Å². The Bertz CT molecular complexity index is 557. The van der Waals surface area contributed by atoms with E-state index in [9.17, 15) is 8.42 Å². The van der Waals surface area contributed by atoms with Crippen LogP contribution >= 0.6 is 11.6 Å². The van der Waals surface area contributed by atoms with Crippen LogP contribution in [0.5, 0.6) is 0 Å². The minimum Gasteiger partial charge on any atom is -0.310 e. The summed E-state index contributed by atoms with van der Waals surface area (Å²) in [6.45, 7) is 4.81. The number of halogens is 1. The monoisotopic (exact) mass is 301 g/mol. The molecule has 0 spiro atoms. The van der Waals surface area contributed by atoms with Crippen molar-refractivity contribution < 1.29 is 8.42 Å². The van der Waals surface area contributed by atoms with E-state index in [1.807, 2.05) is 32.0 Å². The molecule has 1 heterocycles. The van der Waals surface area contributed by atoms with Crippen molar-refractivity contribution in [1.82, 2.24) is 5.32 Å². The zero-order chi connectivity index (χ0) is 14.0. The third-order valence-corrected chi connectivity index (χ3v) is 5.92. The Morgan fingerprint density at radius 1 is 1.47 bits per heavy atom. The van der Waals surface area contributed by atoms with Gasteiger partial charge in [-0.25, -0.2) is 8.42 Å². The van der Waals surface area contributed by atoms with E-state index in [1.54, 1.807) is 0 Å². The van der Waals surface area contributed by atoms with Crippen LogP contribution in [0, 0.1) is 12.8 Å². The number of rotatable bonds is 4. The van der Waals surface area contributed by atoms with Crippen molar-refractivity contribution in [3.8, 4) is 0 Å². The molecule has 0 radical (unpaired) electrons. The Labute approximate surface area is 120 Å². The van der Waals surface area contributed by atoms with Gasteiger partial charge in [0.1, 0.15) is 0 Å². The van der Waals surface area contributed by atoms with E-state index in [1.165, 1.54) is 0 Å². The zero-order valence-electron chi connectivity index (χ0n) is 11.3. The van der Waals surface area contributed by atoms with Gasteiger partial charge in [-0.1, -0.05) is 30.7 Å². The van der Waals surface area contributed by atoms with Gasteiger partial charge in [-0.15, -0.1) is 0 Å². The van der Waals surface area contributed by atoms with Crippen LogP contribution in [0.1, 0.15) is 30.5 Å². The standard InChI is InChI=1S/C14H20ClNO2S/c1-3-16-14(12-6-7-19(17,18)9-12)11-5-4-10(2)13(15)8-11/h4-5,8,12,14,16H,3,6-7,9H2,1-2H3. The van der Waals surface area contributed by atoms with E-state index >= 15 is 0 Å². The van der Waals surface area contributed by atoms with E-state index in [0.717, 1.165) is 29.1 Å². The highest BCUT2D eigenvalue weighted by Gasteiger charge is 2.34. The molecular weight excluding hydrogens is 282 g/mol. The second-order valence-electron chi connectivity index (χ2n) is 5.21. The number of aryl methyl sites for hydroxylation is 1. The van der Waals surface area contributed by atoms with Crippen molar-refractivity contribution in [1.29, 1.82) is 0 Å². The third-order valence-electron chi connectivity index (χ3n) is 3.72. The molecule has 0 aromatic heterocycles. The molecule has 0 amide bonds. The van der Waals surface area contributed by atoms with Gasteiger partial charge in [-0.2, -0.15) is 0 Å². The maximum atomic E-state index is 11.6. The summed E-state index contributed by atoms with van der Waals surface area (Å²) in [7, 11) is -2.86. The van der Waals surface area contributed by atoms with Crippen molar-refractivity contribution in [3.05, 3.63) is 34.3 Å². The van der Waals surface area contributed by atoms with Crippen LogP contribution in [0.2, 0.25) is 5.02 Å². The SMILES string of the molecule is CCNC(c1ccc(C)c(Cl)c1)C1CCS(=O)(=O)C1. The molecule has 1 aromatic carbocycles. The number of benzene rings is 1. The lowest BCUT2D eigenvalue weighted by molar-refractivity contribution is 0.400. The molecule has 1 saturated heterocycles. The van der Waals surface area contributed by atoms with Crippen LogP contribution in [0.25, 0.3) is 0 Å². The maximum Gasteiger partial charge on any atom is 0.150 e. The molecule has 0 saturated carbocycles. The molecule has 2 atom stereocenters. The first kappa shape index (κ1) is 14.8. The molecule has 5 heteroatoms. The molecule has 1 fully saturated rings. The Balaban J connectivity index is 2.27. The van der Waals surface area contributed by atoms with Crippen LogP contribution in [-0.4, -0.2) is 26.5 Å². The molecule has 1 N–H and O–H groups in total. The average Bonchev–Trinajstić information content (AvgIpc) is 2.70. The summed E-state index contributed by atoms with van der Waals surface area (Å²) >= 11 is 6.17. The van der Waals surface area contributed by atoms with Crippen molar-refractivity contribution in [3.63, 3.8) is 0 Å². The molecule has 19 heavy (non-hydrogen) atoms. The molecule has 0 bridgehead atoms. The summed E-state index contributed by atoms with van der Waals surface area (Å²) in [5.74, 6) is 0.721. The van der Waals surface area contributed by atoms with Gasteiger partial charge in [0, 0.05) is 11.1 Å². The highest BCUT2D eigenvalue weighted by molar-refractivity contribution is 7.91. The summed E-state index contributed by atoms with van der Waals surface area (Å²) in [6, 6.07) is 6.06. The van der Waals surface area contributed by atoms with Gasteiger partial charge in [-0.05, 0) is 43.0 Å². The first-order valence-electron chi connectivity index (χ1n) is 6.63. The average molecular weight is 302 g/mol. The van der Waals surface area contributed by atoms with Crippen LogP contribution in [0.15, 0.2) is 18.2 Å². The first-order valence-corrected chi connectivity index (χ1v) is 8.82. The lowest BCUT2D eigenvalue weighted by atomic mass is 9.92. The fraction of sp³-hybridized carbons (Fsp3) is 0.571. The first-order chi connectivity index (χ1) is 8.93. The molecule has 106 valence electrons. The van der Waals surface area contributed by atoms with Crippen molar-refractivity contribution in [2.75, 3.05) is 18.1 Å². The van der Waals surface area contributed by atoms with Crippen LogP contribution in [-0.2, 0) is 9.84 Å². The van der Waals surface area contributed by atoms with Gasteiger partial charge >= 0.3 is 0 Å². The van der Waals surface area contributed by atoms with Gasteiger partial charge in [-0.3, -0.25) is 0 Å². The topological polar surface area (TPSA) is 46.2 Å². The van der Waals surface area contributed by atoms with Gasteiger partial charge in [0.2, 0.25) is 0 Å². The van der Waals surface area contributed by atoms with E-state index in [0.29, 0.717) is 5.75 Å². The molecule has 2 unspecified atom stereocenters. The summed E-state index contributed by atoms with van der Waals surface area (Å²) in [4.78, 5) is 0. The fourth-order valence-electron chi connectivity index (χ4n) is 2.67. The minimum absolute atomic E-state index is 0.0698. The summed E-state index contributed by atoms with van der Waals surface area (Å²) in [5, 5.41) is 4.14. The smallest absolute Gasteiger partial charge is 0.150 e. The number of sulfone groups is 1. The van der Waals surface area contributed by atoms with E-state index in [4.69, 9.17) is 11.6 Å². The van der Waals surface area contributed by atoms with Crippen molar-refractivity contribution >= 4 is 21.4 Å². The van der Waals surface area contributed by atoms with Crippen LogP contribution in [0.4, 0.5) is 0 Å². The quantitative estimate of drug-likeness (QED) is 0.930. The Hall–Kier alpha value is -0.580. The number of hydrogen-bond acceptors (Lipinski definition) is 3. The molecule has 3 nitrogen and oxygen atoms in total. The zero-order valence-corrected chi connectivity index (χ0v) is 12.9. The summed E-state index contributed by atoms with van der Waals surface area (Å²) in [6.07, 6.45) is 0.728. The summed E-state index contributed by atoms with van der Waals surface area (Å²) in [5.41, 5.74) is 2.12. The van der Waals surface area contributed by atoms with Crippen molar-refractivity contribution in [2.45, 2.75) is 26.3 Å². The van der Waals surface area contributed by atoms with E-state index in [-0.39, 0.29) is 17.7 Å². The third kappa shape index (κ3) is 3.50. The number of hydrogen-bond donors (Lipinski definition) is 1. The Kier molecular flexibility index (Phi) is 4.54. The normalized spacial score (nSPS) is 23.4. The van der Waals surface area contributed by atoms with Gasteiger partial charge in [0.25, 0.3) is 0 Å². The fourth-order valence-corrected chi connectivity index (χ4v) is 4.69. The predicted octanol–water partition coefficient (Wildman–Crippen LogP) is 2.73. The minimum atomic E-state index is -2.86. The number of nitrogens with one attached hydrogen (secondary N) is 1. The second kappa shape index (κ2) is 5.81. The Morgan fingerprint density at radius 2 is 2.21 bits per heavy atom. The predicted molar refractivity (Wildman–Crippen MR) is 79.4 cm³/mol. The lowest BCUT2D eigenvalue weighted by Gasteiger charge is -2.24. The molecule has 1 aliphatic rings. The Morgan fingerprint density at radius 3 is 2.74 bits per heavy atom. The summed E-state index contributed by atoms with van der Waals surface area (Å²) < 4.78 is 23.3. The highest BCUT2D eigenvalue weighted by atomic mass is 35.5. The second-order valence-corrected chi connectivity index (χ2v) is 7.84. The van der Waals surface area contributed by atoms with Gasteiger partial charge in [0.15, 0.2) is 9.84 Å². The van der Waals surface area contributed by atoms with E-state index in [2.05, 4.69) is 5.32 Å². The van der Waals surface area contributed by atoms with Gasteiger partial charge in [0.05, 0.1) is 11.5 Å². The van der Waals surface area contributed by atoms with E-state index < -0.39 is 9.84 Å². The molecule has 1 aromatic rings. The lowest BCUT2D eigenvalue weighted by Crippen LogP contribution is -2.29. The molecule has 0 aliphatic carbocycles. The van der Waals surface area contributed by atoms with Gasteiger partial charge < -0.3 is 5.32 Å². The maximum absolute atomic E-state index is 11.6. The highest BCUT2D eigenvalue weighted by Crippen LogP contribution is 2.33.